The van der Waals surface area contributed by atoms with E-state index in [-0.39, 0.29) is 23.7 Å². The summed E-state index contributed by atoms with van der Waals surface area (Å²) in [5, 5.41) is 3.13. The van der Waals surface area contributed by atoms with Crippen LogP contribution in [0.25, 0.3) is 6.08 Å². The number of nitrogens with zero attached hydrogens (tertiary/aromatic N) is 1. The van der Waals surface area contributed by atoms with Gasteiger partial charge in [0.15, 0.2) is 5.78 Å². The molecular weight excluding hydrogens is 350 g/mol. The van der Waals surface area contributed by atoms with Gasteiger partial charge in [-0.25, -0.2) is 0 Å². The number of benzene rings is 1. The number of aromatic nitrogens is 1. The number of hydrogen-bond acceptors (Lipinski definition) is 4. The molecule has 1 aliphatic heterocycles. The summed E-state index contributed by atoms with van der Waals surface area (Å²) in [6.07, 6.45) is 10.7. The number of pyridine rings is 1. The number of fused-ring (bicyclic) bond motifs is 1. The Hall–Kier alpha value is -2.95. The molecule has 1 aromatic heterocycles. The van der Waals surface area contributed by atoms with Gasteiger partial charge in [-0.15, -0.1) is 0 Å². The first-order chi connectivity index (χ1) is 13.6. The molecule has 1 saturated carbocycles. The second-order valence-corrected chi connectivity index (χ2v) is 7.76. The van der Waals surface area contributed by atoms with Crippen molar-refractivity contribution < 1.29 is 9.59 Å². The molecule has 1 aliphatic carbocycles. The van der Waals surface area contributed by atoms with Crippen LogP contribution < -0.4 is 11.1 Å². The van der Waals surface area contributed by atoms with Crippen LogP contribution in [0.4, 0.5) is 5.69 Å². The first-order valence-electron chi connectivity index (χ1n) is 9.91. The number of carbonyl (C=O) groups excluding carboxylic acids is 2. The van der Waals surface area contributed by atoms with Gasteiger partial charge in [0.1, 0.15) is 5.92 Å². The highest BCUT2D eigenvalue weighted by Crippen LogP contribution is 2.44. The van der Waals surface area contributed by atoms with Crippen LogP contribution >= 0.6 is 0 Å². The molecule has 0 radical (unpaired) electrons. The van der Waals surface area contributed by atoms with Crippen LogP contribution in [0.1, 0.15) is 42.7 Å². The zero-order valence-electron chi connectivity index (χ0n) is 15.8. The number of ketones is 1. The first-order valence-corrected chi connectivity index (χ1v) is 9.91. The van der Waals surface area contributed by atoms with E-state index in [2.05, 4.69) is 10.3 Å². The molecule has 4 atom stereocenters. The number of piperidine rings is 1. The van der Waals surface area contributed by atoms with Crippen molar-refractivity contribution in [3.8, 4) is 0 Å². The highest BCUT2D eigenvalue weighted by atomic mass is 16.2. The van der Waals surface area contributed by atoms with Crippen molar-refractivity contribution in [1.29, 1.82) is 0 Å². The van der Waals surface area contributed by atoms with Gasteiger partial charge in [0.05, 0.1) is 5.69 Å². The van der Waals surface area contributed by atoms with Crippen LogP contribution in [0.5, 0.6) is 0 Å². The molecule has 4 unspecified atom stereocenters. The average molecular weight is 375 g/mol. The average Bonchev–Trinajstić information content (AvgIpc) is 2.71. The molecule has 1 amide bonds. The summed E-state index contributed by atoms with van der Waals surface area (Å²) in [6, 6.07) is 11.9. The summed E-state index contributed by atoms with van der Waals surface area (Å²) in [7, 11) is 0. The number of hydrogen-bond donors (Lipinski definition) is 2. The van der Waals surface area contributed by atoms with Gasteiger partial charge in [0, 0.05) is 24.4 Å². The fourth-order valence-electron chi connectivity index (χ4n) is 4.72. The maximum Gasteiger partial charge on any atom is 0.231 e. The molecule has 2 aliphatic rings. The number of nitrogens with two attached hydrogens (primary N) is 1. The normalized spacial score (nSPS) is 27.2. The third-order valence-electron chi connectivity index (χ3n) is 5.96. The Kier molecular flexibility index (Phi) is 5.24. The van der Waals surface area contributed by atoms with Crippen molar-refractivity contribution in [3.63, 3.8) is 0 Å². The van der Waals surface area contributed by atoms with E-state index in [0.29, 0.717) is 11.6 Å². The molecule has 0 bridgehead atoms. The summed E-state index contributed by atoms with van der Waals surface area (Å²) in [5.41, 5.74) is 8.12. The number of carbonyl (C=O) groups is 2. The molecule has 2 fully saturated rings. The molecule has 5 heteroatoms. The van der Waals surface area contributed by atoms with Gasteiger partial charge < -0.3 is 11.1 Å². The van der Waals surface area contributed by atoms with Gasteiger partial charge in [-0.2, -0.15) is 0 Å². The van der Waals surface area contributed by atoms with Gasteiger partial charge in [-0.05, 0) is 48.1 Å². The van der Waals surface area contributed by atoms with E-state index >= 15 is 0 Å². The highest BCUT2D eigenvalue weighted by Gasteiger charge is 2.47. The van der Waals surface area contributed by atoms with Crippen molar-refractivity contribution in [2.24, 2.45) is 11.8 Å². The van der Waals surface area contributed by atoms with E-state index < -0.39 is 5.92 Å². The number of amides is 1. The molecule has 28 heavy (non-hydrogen) atoms. The smallest absolute Gasteiger partial charge is 0.231 e. The number of allylic oxidation sites excluding steroid dienone is 1. The minimum Gasteiger partial charge on any atom is -0.397 e. The van der Waals surface area contributed by atoms with E-state index in [1.807, 2.05) is 30.3 Å². The predicted octanol–water partition coefficient (Wildman–Crippen LogP) is 3.33. The van der Waals surface area contributed by atoms with Crippen LogP contribution in [0.3, 0.4) is 0 Å². The van der Waals surface area contributed by atoms with E-state index in [1.165, 1.54) is 6.08 Å². The highest BCUT2D eigenvalue weighted by molar-refractivity contribution is 6.09. The number of rotatable bonds is 4. The molecule has 3 N–H and O–H groups in total. The quantitative estimate of drug-likeness (QED) is 0.634. The largest absolute Gasteiger partial charge is 0.397 e. The zero-order chi connectivity index (χ0) is 19.5. The van der Waals surface area contributed by atoms with Crippen LogP contribution in [0.2, 0.25) is 0 Å². The van der Waals surface area contributed by atoms with E-state index in [0.717, 1.165) is 36.8 Å². The lowest BCUT2D eigenvalue weighted by molar-refractivity contribution is -0.137. The topological polar surface area (TPSA) is 85.1 Å². The minimum atomic E-state index is -0.702. The third kappa shape index (κ3) is 3.70. The SMILES string of the molecule is Nc1cncc(/C=C/C(=O)C2C(=O)NC3CCCCC3C2c2ccccc2)c1. The van der Waals surface area contributed by atoms with Crippen LogP contribution in [0.15, 0.2) is 54.9 Å². The fourth-order valence-corrected chi connectivity index (χ4v) is 4.72. The lowest BCUT2D eigenvalue weighted by Crippen LogP contribution is -2.56. The lowest BCUT2D eigenvalue weighted by atomic mass is 9.64. The van der Waals surface area contributed by atoms with Crippen LogP contribution in [-0.4, -0.2) is 22.7 Å². The third-order valence-corrected chi connectivity index (χ3v) is 5.96. The number of anilines is 1. The predicted molar refractivity (Wildman–Crippen MR) is 109 cm³/mol. The van der Waals surface area contributed by atoms with Crippen LogP contribution in [-0.2, 0) is 9.59 Å². The molecule has 5 nitrogen and oxygen atoms in total. The van der Waals surface area contributed by atoms with E-state index in [1.54, 1.807) is 24.5 Å². The summed E-state index contributed by atoms with van der Waals surface area (Å²) < 4.78 is 0. The Morgan fingerprint density at radius 1 is 1.14 bits per heavy atom. The number of nitrogens with one attached hydrogen (secondary N) is 1. The van der Waals surface area contributed by atoms with Crippen molar-refractivity contribution in [3.05, 3.63) is 66.0 Å². The standard InChI is InChI=1S/C23H25N3O2/c24-17-12-15(13-25-14-17)10-11-20(27)22-21(16-6-2-1-3-7-16)18-8-4-5-9-19(18)26-23(22)28/h1-3,6-7,10-14,18-19,21-22H,4-5,8-9,24H2,(H,26,28)/b11-10+. The van der Waals surface area contributed by atoms with E-state index in [9.17, 15) is 9.59 Å². The van der Waals surface area contributed by atoms with Gasteiger partial charge >= 0.3 is 0 Å². The summed E-state index contributed by atoms with van der Waals surface area (Å²) in [4.78, 5) is 30.1. The molecule has 0 spiro atoms. The Balaban J connectivity index is 1.66. The molecule has 2 heterocycles. The van der Waals surface area contributed by atoms with Gasteiger partial charge in [-0.1, -0.05) is 43.2 Å². The Morgan fingerprint density at radius 2 is 1.93 bits per heavy atom. The minimum absolute atomic E-state index is 0.0867. The lowest BCUT2D eigenvalue weighted by Gasteiger charge is -2.45. The second-order valence-electron chi connectivity index (χ2n) is 7.76. The fraction of sp³-hybridized carbons (Fsp3) is 0.348. The van der Waals surface area contributed by atoms with Gasteiger partial charge in [0.25, 0.3) is 0 Å². The van der Waals surface area contributed by atoms with Gasteiger partial charge in [-0.3, -0.25) is 14.6 Å². The number of nitrogen functional groups attached to an aromatic ring is 1. The summed E-state index contributed by atoms with van der Waals surface area (Å²) in [6.45, 7) is 0. The molecule has 1 aromatic carbocycles. The van der Waals surface area contributed by atoms with Crippen LogP contribution in [0, 0.1) is 11.8 Å². The van der Waals surface area contributed by atoms with Crippen molar-refractivity contribution in [1.82, 2.24) is 10.3 Å². The summed E-state index contributed by atoms with van der Waals surface area (Å²) in [5.74, 6) is -0.816. The van der Waals surface area contributed by atoms with E-state index in [4.69, 9.17) is 5.73 Å². The summed E-state index contributed by atoms with van der Waals surface area (Å²) >= 11 is 0. The Labute approximate surface area is 165 Å². The molecule has 1 saturated heterocycles. The molecule has 144 valence electrons. The van der Waals surface area contributed by atoms with Crippen molar-refractivity contribution in [2.75, 3.05) is 5.73 Å². The van der Waals surface area contributed by atoms with Crippen molar-refractivity contribution >= 4 is 23.5 Å². The Bertz CT molecular complexity index is 894. The maximum absolute atomic E-state index is 13.1. The maximum atomic E-state index is 13.1. The zero-order valence-corrected chi connectivity index (χ0v) is 15.8. The Morgan fingerprint density at radius 3 is 2.71 bits per heavy atom. The molecule has 2 aromatic rings. The van der Waals surface area contributed by atoms with Gasteiger partial charge in [0.2, 0.25) is 5.91 Å². The molecule has 4 rings (SSSR count). The monoisotopic (exact) mass is 375 g/mol. The second kappa shape index (κ2) is 7.97. The molecular formula is C23H25N3O2. The first kappa shape index (κ1) is 18.4. The van der Waals surface area contributed by atoms with Crippen molar-refractivity contribution in [2.45, 2.75) is 37.6 Å².